The number of nitrogens with one attached hydrogen (secondary N) is 1. The number of anilines is 1. The maximum absolute atomic E-state index is 14.0. The van der Waals surface area contributed by atoms with Crippen LogP contribution in [0.25, 0.3) is 0 Å². The fraction of sp³-hybridized carbons (Fsp3) is 0.526. The highest BCUT2D eigenvalue weighted by Crippen LogP contribution is 2.20. The molecule has 1 N–H and O–H groups in total. The van der Waals surface area contributed by atoms with Crippen molar-refractivity contribution in [1.29, 1.82) is 0 Å². The minimum absolute atomic E-state index is 0.000976. The van der Waals surface area contributed by atoms with Gasteiger partial charge in [0.05, 0.1) is 12.2 Å². The zero-order chi connectivity index (χ0) is 20.7. The lowest BCUT2D eigenvalue weighted by Gasteiger charge is -2.37. The summed E-state index contributed by atoms with van der Waals surface area (Å²) in [7, 11) is 6.72. The fourth-order valence-electron chi connectivity index (χ4n) is 2.73. The first kappa shape index (κ1) is 21.5. The zero-order valence-electron chi connectivity index (χ0n) is 17.0. The Bertz CT molecular complexity index is 714. The number of guanidine groups is 1. The molecule has 1 aliphatic rings. The number of hydrogen-bond donors (Lipinski definition) is 1. The van der Waals surface area contributed by atoms with Crippen LogP contribution < -0.4 is 10.2 Å². The van der Waals surface area contributed by atoms with Crippen LogP contribution >= 0.6 is 0 Å². The molecular formula is C19H29FN6O2. The van der Waals surface area contributed by atoms with Gasteiger partial charge in [0.25, 0.3) is 0 Å². The summed E-state index contributed by atoms with van der Waals surface area (Å²) < 4.78 is 14.0. The van der Waals surface area contributed by atoms with Crippen LogP contribution in [0.5, 0.6) is 0 Å². The van der Waals surface area contributed by atoms with Gasteiger partial charge in [-0.05, 0) is 12.1 Å². The Labute approximate surface area is 165 Å². The first-order valence-electron chi connectivity index (χ1n) is 9.22. The Balaban J connectivity index is 2.04. The number of carbonyl (C=O) groups excluding carboxylic acids is 2. The van der Waals surface area contributed by atoms with Crippen LogP contribution in [-0.4, -0.2) is 99.9 Å². The van der Waals surface area contributed by atoms with E-state index in [1.54, 1.807) is 40.3 Å². The molecule has 2 amide bonds. The Morgan fingerprint density at radius 1 is 1.04 bits per heavy atom. The average molecular weight is 392 g/mol. The molecule has 0 spiro atoms. The van der Waals surface area contributed by atoms with Crippen LogP contribution in [0, 0.1) is 5.82 Å². The Morgan fingerprint density at radius 2 is 1.64 bits per heavy atom. The number of rotatable bonds is 5. The van der Waals surface area contributed by atoms with Gasteiger partial charge in [-0.1, -0.05) is 12.1 Å². The maximum Gasteiger partial charge on any atom is 0.243 e. The quantitative estimate of drug-likeness (QED) is 0.567. The van der Waals surface area contributed by atoms with Gasteiger partial charge in [-0.15, -0.1) is 0 Å². The van der Waals surface area contributed by atoms with E-state index in [4.69, 9.17) is 0 Å². The molecule has 1 aromatic carbocycles. The third kappa shape index (κ3) is 5.83. The van der Waals surface area contributed by atoms with E-state index in [9.17, 15) is 14.0 Å². The van der Waals surface area contributed by atoms with Gasteiger partial charge in [0.1, 0.15) is 12.4 Å². The normalized spacial score (nSPS) is 14.7. The first-order valence-corrected chi connectivity index (χ1v) is 9.22. The lowest BCUT2D eigenvalue weighted by atomic mass is 10.2. The van der Waals surface area contributed by atoms with Crippen molar-refractivity contribution in [3.8, 4) is 0 Å². The van der Waals surface area contributed by atoms with Gasteiger partial charge in [0, 0.05) is 54.4 Å². The molecule has 154 valence electrons. The van der Waals surface area contributed by atoms with E-state index in [0.717, 1.165) is 0 Å². The van der Waals surface area contributed by atoms with E-state index in [-0.39, 0.29) is 30.7 Å². The Kier molecular flexibility index (Phi) is 7.60. The molecule has 0 aliphatic carbocycles. The largest absolute Gasteiger partial charge is 0.366 e. The number of halogens is 1. The predicted molar refractivity (Wildman–Crippen MR) is 108 cm³/mol. The molecule has 0 aromatic heterocycles. The van der Waals surface area contributed by atoms with Crippen LogP contribution in [0.2, 0.25) is 0 Å². The number of hydrogen-bond acceptors (Lipinski definition) is 4. The zero-order valence-corrected chi connectivity index (χ0v) is 17.0. The molecule has 1 fully saturated rings. The molecule has 8 nitrogen and oxygen atoms in total. The van der Waals surface area contributed by atoms with E-state index < -0.39 is 0 Å². The number of nitrogens with zero attached hydrogens (tertiary/aromatic N) is 5. The van der Waals surface area contributed by atoms with Crippen molar-refractivity contribution in [2.75, 3.05) is 72.4 Å². The molecule has 1 aliphatic heterocycles. The van der Waals surface area contributed by atoms with Gasteiger partial charge in [-0.2, -0.15) is 0 Å². The smallest absolute Gasteiger partial charge is 0.243 e. The second-order valence-corrected chi connectivity index (χ2v) is 7.00. The molecule has 0 bridgehead atoms. The molecule has 1 aromatic rings. The van der Waals surface area contributed by atoms with Crippen molar-refractivity contribution < 1.29 is 14.0 Å². The minimum Gasteiger partial charge on any atom is -0.366 e. The van der Waals surface area contributed by atoms with Crippen LogP contribution in [0.3, 0.4) is 0 Å². The number of likely N-dealkylation sites (N-methyl/N-ethyl adjacent to an activating group) is 2. The van der Waals surface area contributed by atoms with Crippen molar-refractivity contribution in [2.45, 2.75) is 0 Å². The molecule has 2 rings (SSSR count). The summed E-state index contributed by atoms with van der Waals surface area (Å²) in [6, 6.07) is 6.71. The van der Waals surface area contributed by atoms with Crippen LogP contribution in [-0.2, 0) is 9.59 Å². The minimum atomic E-state index is -0.240. The SMILES string of the molecule is CN(C)C(=O)CN=C(NCC(=O)N(C)C)N1CCN(c2ccccc2F)CC1. The van der Waals surface area contributed by atoms with Crippen molar-refractivity contribution in [3.05, 3.63) is 30.1 Å². The van der Waals surface area contributed by atoms with Gasteiger partial charge in [0.15, 0.2) is 5.96 Å². The van der Waals surface area contributed by atoms with Gasteiger partial charge in [-0.25, -0.2) is 9.38 Å². The summed E-state index contributed by atoms with van der Waals surface area (Å²) in [5.74, 6) is 0.0644. The summed E-state index contributed by atoms with van der Waals surface area (Å²) in [6.07, 6.45) is 0. The molecule has 1 saturated heterocycles. The van der Waals surface area contributed by atoms with Gasteiger partial charge < -0.3 is 24.9 Å². The molecule has 0 atom stereocenters. The van der Waals surface area contributed by atoms with Gasteiger partial charge in [0.2, 0.25) is 11.8 Å². The van der Waals surface area contributed by atoms with Crippen molar-refractivity contribution in [3.63, 3.8) is 0 Å². The monoisotopic (exact) mass is 392 g/mol. The standard InChI is InChI=1S/C19H29FN6O2/c1-23(2)17(27)13-21-19(22-14-18(28)24(3)4)26-11-9-25(10-12-26)16-8-6-5-7-15(16)20/h5-8H,9-14H2,1-4H3,(H,21,22). The topological polar surface area (TPSA) is 71.5 Å². The highest BCUT2D eigenvalue weighted by Gasteiger charge is 2.22. The van der Waals surface area contributed by atoms with Crippen molar-refractivity contribution >= 4 is 23.5 Å². The predicted octanol–water partition coefficient (Wildman–Crippen LogP) is 0.0697. The lowest BCUT2D eigenvalue weighted by molar-refractivity contribution is -0.127. The summed E-state index contributed by atoms with van der Waals surface area (Å²) in [6.45, 7) is 2.53. The van der Waals surface area contributed by atoms with E-state index in [2.05, 4.69) is 10.3 Å². The highest BCUT2D eigenvalue weighted by atomic mass is 19.1. The van der Waals surface area contributed by atoms with Gasteiger partial charge in [-0.3, -0.25) is 9.59 Å². The second kappa shape index (κ2) is 9.91. The first-order chi connectivity index (χ1) is 13.3. The Hall–Kier alpha value is -2.84. The van der Waals surface area contributed by atoms with Crippen molar-refractivity contribution in [1.82, 2.24) is 20.0 Å². The van der Waals surface area contributed by atoms with E-state index >= 15 is 0 Å². The maximum atomic E-state index is 14.0. The fourth-order valence-corrected chi connectivity index (χ4v) is 2.73. The summed E-state index contributed by atoms with van der Waals surface area (Å²) in [5.41, 5.74) is 0.583. The number of benzene rings is 1. The summed E-state index contributed by atoms with van der Waals surface area (Å²) in [4.78, 5) is 35.1. The molecule has 28 heavy (non-hydrogen) atoms. The summed E-state index contributed by atoms with van der Waals surface area (Å²) >= 11 is 0. The second-order valence-electron chi connectivity index (χ2n) is 7.00. The van der Waals surface area contributed by atoms with E-state index in [1.165, 1.54) is 15.9 Å². The third-order valence-electron chi connectivity index (χ3n) is 4.53. The molecular weight excluding hydrogens is 363 g/mol. The molecule has 0 saturated carbocycles. The summed E-state index contributed by atoms with van der Waals surface area (Å²) in [5, 5.41) is 3.05. The number of aliphatic imine (C=N–C) groups is 1. The van der Waals surface area contributed by atoms with Gasteiger partial charge >= 0.3 is 0 Å². The van der Waals surface area contributed by atoms with E-state index in [1.807, 2.05) is 15.9 Å². The van der Waals surface area contributed by atoms with Crippen molar-refractivity contribution in [2.24, 2.45) is 4.99 Å². The molecule has 9 heteroatoms. The lowest BCUT2D eigenvalue weighted by Crippen LogP contribution is -2.54. The Morgan fingerprint density at radius 3 is 2.21 bits per heavy atom. The van der Waals surface area contributed by atoms with Crippen LogP contribution in [0.15, 0.2) is 29.3 Å². The average Bonchev–Trinajstić information content (AvgIpc) is 2.68. The number of para-hydroxylation sites is 1. The molecule has 0 unspecified atom stereocenters. The highest BCUT2D eigenvalue weighted by molar-refractivity contribution is 5.88. The molecule has 1 heterocycles. The van der Waals surface area contributed by atoms with Crippen LogP contribution in [0.1, 0.15) is 0 Å². The number of piperazine rings is 1. The third-order valence-corrected chi connectivity index (χ3v) is 4.53. The number of amides is 2. The van der Waals surface area contributed by atoms with E-state index in [0.29, 0.717) is 37.8 Å². The molecule has 0 radical (unpaired) electrons. The number of carbonyl (C=O) groups is 2. The van der Waals surface area contributed by atoms with Crippen LogP contribution in [0.4, 0.5) is 10.1 Å².